The molecule has 0 saturated carbocycles. The molecule has 1 saturated heterocycles. The van der Waals surface area contributed by atoms with Crippen molar-refractivity contribution in [2.45, 2.75) is 91.8 Å². The van der Waals surface area contributed by atoms with Gasteiger partial charge in [-0.2, -0.15) is 0 Å². The highest BCUT2D eigenvalue weighted by Gasteiger charge is 2.39. The van der Waals surface area contributed by atoms with Gasteiger partial charge in [-0.05, 0) is 91.1 Å². The molecule has 6 rings (SSSR count). The minimum atomic E-state index is -1.17. The lowest BCUT2D eigenvalue weighted by Crippen LogP contribution is -2.58. The van der Waals surface area contributed by atoms with E-state index in [1.54, 1.807) is 35.4 Å². The van der Waals surface area contributed by atoms with Crippen LogP contribution in [0.15, 0.2) is 60.8 Å². The second-order valence-corrected chi connectivity index (χ2v) is 18.3. The zero-order chi connectivity index (χ0) is 44.2. The number of nitrogens with zero attached hydrogens (tertiary/aromatic N) is 5. The number of phenolic OH excluding ortho intramolecular Hbond substituents is 1. The third-order valence-electron chi connectivity index (χ3n) is 11.8. The van der Waals surface area contributed by atoms with E-state index in [1.807, 2.05) is 37.7 Å². The molecule has 4 bridgehead atoms. The number of hydrazine groups is 1. The first-order valence-corrected chi connectivity index (χ1v) is 22.0. The Morgan fingerprint density at radius 3 is 2.59 bits per heavy atom. The van der Waals surface area contributed by atoms with E-state index in [0.29, 0.717) is 49.9 Å². The van der Waals surface area contributed by atoms with Crippen LogP contribution in [0.2, 0.25) is 0 Å². The molecule has 326 valence electrons. The van der Waals surface area contributed by atoms with Gasteiger partial charge in [0.1, 0.15) is 17.8 Å². The van der Waals surface area contributed by atoms with E-state index in [0.717, 1.165) is 37.6 Å². The summed E-state index contributed by atoms with van der Waals surface area (Å²) in [4.78, 5) is 75.9. The van der Waals surface area contributed by atoms with Crippen LogP contribution in [0.3, 0.4) is 0 Å². The zero-order valence-electron chi connectivity index (χ0n) is 36.1. The van der Waals surface area contributed by atoms with Crippen LogP contribution in [0.5, 0.6) is 5.75 Å². The predicted octanol–water partition coefficient (Wildman–Crippen LogP) is 5.70. The normalized spacial score (nSPS) is 19.5. The fourth-order valence-electron chi connectivity index (χ4n) is 8.76. The Labute approximate surface area is 361 Å². The summed E-state index contributed by atoms with van der Waals surface area (Å²) < 4.78 is 8.13. The highest BCUT2D eigenvalue weighted by molar-refractivity contribution is 7.13. The van der Waals surface area contributed by atoms with Crippen LogP contribution in [0.4, 0.5) is 0 Å². The van der Waals surface area contributed by atoms with Crippen LogP contribution >= 0.6 is 11.3 Å². The molecule has 3 atom stereocenters. The van der Waals surface area contributed by atoms with Gasteiger partial charge in [0.15, 0.2) is 0 Å². The van der Waals surface area contributed by atoms with Gasteiger partial charge in [-0.25, -0.2) is 5.84 Å². The monoisotopic (exact) mass is 853 g/mol. The van der Waals surface area contributed by atoms with E-state index in [-0.39, 0.29) is 62.0 Å². The lowest BCUT2D eigenvalue weighted by atomic mass is 9.85. The van der Waals surface area contributed by atoms with Crippen molar-refractivity contribution < 1.29 is 33.8 Å². The van der Waals surface area contributed by atoms with Crippen LogP contribution < -0.4 is 11.2 Å². The molecule has 2 aliphatic heterocycles. The van der Waals surface area contributed by atoms with Gasteiger partial charge in [-0.15, -0.1) is 11.3 Å². The quantitative estimate of drug-likeness (QED) is 0.0868. The third kappa shape index (κ3) is 10.2. The summed E-state index contributed by atoms with van der Waals surface area (Å²) in [5.74, 6) is 3.59. The topological polar surface area (TPSA) is 180 Å². The highest BCUT2D eigenvalue weighted by atomic mass is 32.1. The van der Waals surface area contributed by atoms with Gasteiger partial charge in [0.05, 0.1) is 28.6 Å². The standard InChI is InChI=1S/C46H59N7O7S/c1-8-39(55)51-17-15-31(25-51)44(58)50(7)41(28(3)4)43(57)49-36-20-29-18-32(21-33(54)19-29)30-13-14-37-34(22-30)35(42(52(37)9-2)38-24-48-27-61-38)23-46(5,6)26-60-40(56)12-10-11-16-53(47)45(36)59/h8,13-14,18-19,21-22,24,27-28,31,36,41,54H,1,9-12,15-17,20,23,25-26,47H2,2-7H3,(H,49,57)/t31-,36-,41?/m0/s1. The second-order valence-electron chi connectivity index (χ2n) is 17.4. The number of thiazole rings is 1. The maximum absolute atomic E-state index is 14.3. The van der Waals surface area contributed by atoms with E-state index in [9.17, 15) is 29.1 Å². The Morgan fingerprint density at radius 2 is 1.90 bits per heavy atom. The number of ether oxygens (including phenoxy) is 1. The Kier molecular flexibility index (Phi) is 14.0. The number of fused-ring (bicyclic) bond motifs is 4. The van der Waals surface area contributed by atoms with Gasteiger partial charge in [0.2, 0.25) is 17.7 Å². The fourth-order valence-corrected chi connectivity index (χ4v) is 9.46. The van der Waals surface area contributed by atoms with Crippen molar-refractivity contribution in [2.24, 2.45) is 23.1 Å². The van der Waals surface area contributed by atoms with E-state index < -0.39 is 35.2 Å². The number of nitrogens with two attached hydrogens (primary N) is 1. The van der Waals surface area contributed by atoms with Crippen molar-refractivity contribution in [1.29, 1.82) is 0 Å². The third-order valence-corrected chi connectivity index (χ3v) is 12.6. The van der Waals surface area contributed by atoms with Gasteiger partial charge in [0, 0.05) is 68.6 Å². The molecule has 4 N–H and O–H groups in total. The molecule has 1 fully saturated rings. The van der Waals surface area contributed by atoms with Crippen LogP contribution in [0, 0.1) is 17.3 Å². The van der Waals surface area contributed by atoms with Crippen molar-refractivity contribution >= 4 is 51.8 Å². The highest BCUT2D eigenvalue weighted by Crippen LogP contribution is 2.41. The van der Waals surface area contributed by atoms with Gasteiger partial charge in [-0.3, -0.25) is 34.0 Å². The fraction of sp³-hybridized carbons (Fsp3) is 0.478. The van der Waals surface area contributed by atoms with Gasteiger partial charge < -0.3 is 29.5 Å². The number of benzene rings is 2. The number of aryl methyl sites for hydroxylation is 1. The Hall–Kier alpha value is -5.54. The molecule has 0 radical (unpaired) electrons. The van der Waals surface area contributed by atoms with E-state index in [4.69, 9.17) is 10.6 Å². The average Bonchev–Trinajstić information content (AvgIpc) is 4.00. The summed E-state index contributed by atoms with van der Waals surface area (Å²) in [6.07, 6.45) is 5.14. The summed E-state index contributed by atoms with van der Waals surface area (Å²) in [6.45, 7) is 15.2. The number of carbonyl (C=O) groups is 5. The van der Waals surface area contributed by atoms with Crippen molar-refractivity contribution in [3.8, 4) is 27.4 Å². The predicted molar refractivity (Wildman–Crippen MR) is 236 cm³/mol. The lowest BCUT2D eigenvalue weighted by molar-refractivity contribution is -0.146. The van der Waals surface area contributed by atoms with E-state index in [2.05, 4.69) is 54.4 Å². The maximum atomic E-state index is 14.3. The zero-order valence-corrected chi connectivity index (χ0v) is 36.9. The Morgan fingerprint density at radius 1 is 1.13 bits per heavy atom. The van der Waals surface area contributed by atoms with Crippen LogP contribution in [-0.2, 0) is 48.1 Å². The smallest absolute Gasteiger partial charge is 0.305 e. The molecule has 14 nitrogen and oxygen atoms in total. The largest absolute Gasteiger partial charge is 0.508 e. The number of nitrogens with one attached hydrogen (secondary N) is 1. The van der Waals surface area contributed by atoms with Crippen molar-refractivity contribution in [1.82, 2.24) is 29.7 Å². The molecule has 4 aromatic rings. The van der Waals surface area contributed by atoms with Crippen molar-refractivity contribution in [3.05, 3.63) is 71.9 Å². The number of esters is 1. The molecule has 15 heteroatoms. The number of phenols is 1. The maximum Gasteiger partial charge on any atom is 0.305 e. The van der Waals surface area contributed by atoms with Crippen LogP contribution in [0.1, 0.15) is 71.4 Å². The molecule has 1 unspecified atom stereocenters. The molecular weight excluding hydrogens is 795 g/mol. The van der Waals surface area contributed by atoms with Gasteiger partial charge in [-0.1, -0.05) is 46.4 Å². The first-order valence-electron chi connectivity index (χ1n) is 21.1. The summed E-state index contributed by atoms with van der Waals surface area (Å²) in [5.41, 5.74) is 6.74. The number of carbonyl (C=O) groups excluding carboxylic acids is 5. The second kappa shape index (κ2) is 19.0. The molecule has 2 aromatic carbocycles. The summed E-state index contributed by atoms with van der Waals surface area (Å²) in [6, 6.07) is 9.24. The summed E-state index contributed by atoms with van der Waals surface area (Å²) in [7, 11) is 1.57. The van der Waals surface area contributed by atoms with E-state index in [1.165, 1.54) is 11.0 Å². The average molecular weight is 854 g/mol. The Bertz CT molecular complexity index is 2280. The number of aromatic hydroxyl groups is 1. The molecule has 61 heavy (non-hydrogen) atoms. The van der Waals surface area contributed by atoms with Crippen LogP contribution in [0.25, 0.3) is 32.6 Å². The van der Waals surface area contributed by atoms with Crippen molar-refractivity contribution in [2.75, 3.05) is 33.3 Å². The lowest BCUT2D eigenvalue weighted by Gasteiger charge is -2.33. The molecule has 0 aliphatic carbocycles. The van der Waals surface area contributed by atoms with Gasteiger partial charge in [0.25, 0.3) is 5.91 Å². The Balaban J connectivity index is 1.38. The number of rotatable bonds is 8. The molecule has 4 amide bonds. The molecule has 2 aromatic heterocycles. The number of cyclic esters (lactones) is 1. The minimum absolute atomic E-state index is 0.0116. The van der Waals surface area contributed by atoms with Gasteiger partial charge >= 0.3 is 5.97 Å². The first-order chi connectivity index (χ1) is 29.0. The molecular formula is C46H59N7O7S. The van der Waals surface area contributed by atoms with E-state index >= 15 is 0 Å². The first kappa shape index (κ1) is 45.0. The SMILES string of the molecule is C=CC(=O)N1CC[C@H](C(=O)N(C)C(C(=O)N[C@H]2Cc3cc(O)cc(c3)-c3ccc4c(c3)c(c(-c3cncs3)n4CC)CC(C)(C)COC(=O)CCCCN(N)C2=O)C(C)C)C1. The number of amides is 4. The minimum Gasteiger partial charge on any atom is -0.508 e. The molecule has 4 heterocycles. The summed E-state index contributed by atoms with van der Waals surface area (Å²) in [5, 5.41) is 16.2. The molecule has 2 aliphatic rings. The number of likely N-dealkylation sites (tertiary alicyclic amines) is 1. The number of hydrogen-bond acceptors (Lipinski definition) is 10. The molecule has 0 spiro atoms. The van der Waals surface area contributed by atoms with Crippen LogP contribution in [-0.4, -0.2) is 104 Å². The number of hydrogen-bond donors (Lipinski definition) is 3. The number of likely N-dealkylation sites (N-methyl/N-ethyl adjacent to an activating group) is 1. The van der Waals surface area contributed by atoms with Crippen molar-refractivity contribution in [3.63, 3.8) is 0 Å². The summed E-state index contributed by atoms with van der Waals surface area (Å²) >= 11 is 1.57. The number of aromatic nitrogens is 2.